The summed E-state index contributed by atoms with van der Waals surface area (Å²) in [4.78, 5) is 41.3. The molecule has 2 aromatic carbocycles. The third kappa shape index (κ3) is 6.89. The molecular formula is C33H39N3O4. The van der Waals surface area contributed by atoms with Crippen LogP contribution in [0.5, 0.6) is 0 Å². The van der Waals surface area contributed by atoms with Crippen LogP contribution in [-0.2, 0) is 17.8 Å². The molecule has 1 saturated heterocycles. The predicted octanol–water partition coefficient (Wildman–Crippen LogP) is 4.56. The summed E-state index contributed by atoms with van der Waals surface area (Å²) in [7, 11) is 0. The van der Waals surface area contributed by atoms with Gasteiger partial charge in [-0.05, 0) is 43.2 Å². The van der Waals surface area contributed by atoms with Gasteiger partial charge in [0.2, 0.25) is 5.91 Å². The Morgan fingerprint density at radius 2 is 1.57 bits per heavy atom. The minimum absolute atomic E-state index is 0.0800. The van der Waals surface area contributed by atoms with E-state index in [1.54, 1.807) is 6.20 Å². The topological polar surface area (TPSA) is 91.6 Å². The number of carbonyl (C=O) groups excluding carboxylic acids is 2. The first-order valence-electron chi connectivity index (χ1n) is 14.6. The Labute approximate surface area is 235 Å². The molecule has 5 rings (SSSR count). The number of aromatic nitrogens is 1. The largest absolute Gasteiger partial charge is 0.388 e. The second-order valence-electron chi connectivity index (χ2n) is 11.3. The molecule has 3 aromatic rings. The maximum Gasteiger partial charge on any atom is 0.253 e. The second-order valence-corrected chi connectivity index (χ2v) is 11.3. The number of hydrogen-bond acceptors (Lipinski definition) is 4. The number of likely N-dealkylation sites (tertiary alicyclic amines) is 1. The van der Waals surface area contributed by atoms with E-state index in [1.807, 2.05) is 65.6 Å². The predicted molar refractivity (Wildman–Crippen MR) is 156 cm³/mol. The molecule has 7 heteroatoms. The number of amides is 2. The van der Waals surface area contributed by atoms with Gasteiger partial charge in [-0.1, -0.05) is 79.9 Å². The smallest absolute Gasteiger partial charge is 0.253 e. The Balaban J connectivity index is 1.29. The maximum atomic E-state index is 13.5. The number of aliphatic hydroxyl groups is 1. The average molecular weight is 542 g/mol. The van der Waals surface area contributed by atoms with Crippen molar-refractivity contribution in [1.29, 1.82) is 0 Å². The van der Waals surface area contributed by atoms with E-state index in [0.29, 0.717) is 49.9 Å². The monoisotopic (exact) mass is 541 g/mol. The normalized spacial score (nSPS) is 17.4. The van der Waals surface area contributed by atoms with Gasteiger partial charge in [-0.15, -0.1) is 0 Å². The average Bonchev–Trinajstić information content (AvgIpc) is 2.98. The summed E-state index contributed by atoms with van der Waals surface area (Å²) >= 11 is 0. The lowest BCUT2D eigenvalue weighted by atomic mass is 9.90. The van der Waals surface area contributed by atoms with Gasteiger partial charge in [0, 0.05) is 43.4 Å². The van der Waals surface area contributed by atoms with Crippen LogP contribution in [0.15, 0.2) is 77.7 Å². The van der Waals surface area contributed by atoms with Crippen LogP contribution >= 0.6 is 0 Å². The van der Waals surface area contributed by atoms with Gasteiger partial charge >= 0.3 is 0 Å². The summed E-state index contributed by atoms with van der Waals surface area (Å²) in [6.45, 7) is 0.961. The van der Waals surface area contributed by atoms with E-state index < -0.39 is 5.60 Å². The molecule has 0 spiro atoms. The standard InChI is InChI=1S/C33H39N3O4/c37-30(17-16-25-10-4-1-5-11-25)35-20-18-33(40,19-21-35)24-36-23-29(32(39)34-27-14-8-3-9-15-27)28(22-31(36)38)26-12-6-2-7-13-26/h1-2,4-7,10-13,22-23,27,40H,3,8-9,14-21,24H2,(H,34,39). The number of benzene rings is 2. The van der Waals surface area contributed by atoms with E-state index in [2.05, 4.69) is 5.32 Å². The molecule has 0 unspecified atom stereocenters. The van der Waals surface area contributed by atoms with Crippen molar-refractivity contribution in [3.63, 3.8) is 0 Å². The lowest BCUT2D eigenvalue weighted by Crippen LogP contribution is -2.49. The minimum Gasteiger partial charge on any atom is -0.388 e. The molecule has 1 saturated carbocycles. The molecule has 1 aromatic heterocycles. The van der Waals surface area contributed by atoms with Crippen LogP contribution in [-0.4, -0.2) is 51.1 Å². The van der Waals surface area contributed by atoms with Crippen molar-refractivity contribution in [3.8, 4) is 11.1 Å². The molecule has 2 amide bonds. The highest BCUT2D eigenvalue weighted by atomic mass is 16.3. The SMILES string of the molecule is O=C(NC1CCCCC1)c1cn(CC2(O)CCN(C(=O)CCc3ccccc3)CC2)c(=O)cc1-c1ccccc1. The molecule has 7 nitrogen and oxygen atoms in total. The van der Waals surface area contributed by atoms with Gasteiger partial charge < -0.3 is 19.9 Å². The van der Waals surface area contributed by atoms with Crippen LogP contribution in [0.25, 0.3) is 11.1 Å². The summed E-state index contributed by atoms with van der Waals surface area (Å²) in [5.74, 6) is -0.109. The Morgan fingerprint density at radius 1 is 0.925 bits per heavy atom. The maximum absolute atomic E-state index is 13.5. The van der Waals surface area contributed by atoms with Crippen LogP contribution in [0.3, 0.4) is 0 Å². The fourth-order valence-electron chi connectivity index (χ4n) is 5.95. The van der Waals surface area contributed by atoms with Crippen LogP contribution in [0.1, 0.15) is 67.3 Å². The molecule has 2 aliphatic rings. The number of carbonyl (C=O) groups is 2. The number of nitrogens with zero attached hydrogens (tertiary/aromatic N) is 2. The van der Waals surface area contributed by atoms with Crippen molar-refractivity contribution < 1.29 is 14.7 Å². The van der Waals surface area contributed by atoms with E-state index in [1.165, 1.54) is 17.1 Å². The summed E-state index contributed by atoms with van der Waals surface area (Å²) in [6.07, 6.45) is 8.82. The Hall–Kier alpha value is -3.71. The molecule has 2 fully saturated rings. The highest BCUT2D eigenvalue weighted by molar-refractivity contribution is 6.00. The van der Waals surface area contributed by atoms with Gasteiger partial charge in [-0.25, -0.2) is 0 Å². The molecule has 0 atom stereocenters. The van der Waals surface area contributed by atoms with Gasteiger partial charge in [-0.2, -0.15) is 0 Å². The third-order valence-electron chi connectivity index (χ3n) is 8.38. The molecule has 1 aliphatic heterocycles. The van der Waals surface area contributed by atoms with Crippen molar-refractivity contribution in [2.75, 3.05) is 13.1 Å². The Kier molecular flexibility index (Phi) is 8.80. The number of piperidine rings is 1. The van der Waals surface area contributed by atoms with Crippen molar-refractivity contribution in [1.82, 2.24) is 14.8 Å². The first-order valence-corrected chi connectivity index (χ1v) is 14.6. The van der Waals surface area contributed by atoms with E-state index in [0.717, 1.165) is 36.8 Å². The lowest BCUT2D eigenvalue weighted by Gasteiger charge is -2.38. The summed E-state index contributed by atoms with van der Waals surface area (Å²) in [5.41, 5.74) is 1.58. The third-order valence-corrected chi connectivity index (χ3v) is 8.38. The van der Waals surface area contributed by atoms with E-state index in [4.69, 9.17) is 0 Å². The second kappa shape index (κ2) is 12.6. The summed E-state index contributed by atoms with van der Waals surface area (Å²) < 4.78 is 1.47. The zero-order valence-electron chi connectivity index (χ0n) is 23.1. The number of nitrogens with one attached hydrogen (secondary N) is 1. The lowest BCUT2D eigenvalue weighted by molar-refractivity contribution is -0.135. The Morgan fingerprint density at radius 3 is 2.25 bits per heavy atom. The van der Waals surface area contributed by atoms with E-state index in [9.17, 15) is 19.5 Å². The van der Waals surface area contributed by atoms with Crippen molar-refractivity contribution in [2.45, 2.75) is 76.0 Å². The first-order chi connectivity index (χ1) is 19.4. The first kappa shape index (κ1) is 27.8. The fourth-order valence-corrected chi connectivity index (χ4v) is 5.95. The molecule has 40 heavy (non-hydrogen) atoms. The van der Waals surface area contributed by atoms with Gasteiger partial charge in [0.25, 0.3) is 11.5 Å². The number of aryl methyl sites for hydroxylation is 1. The molecule has 210 valence electrons. The van der Waals surface area contributed by atoms with Gasteiger partial charge in [0.15, 0.2) is 0 Å². The van der Waals surface area contributed by atoms with E-state index >= 15 is 0 Å². The van der Waals surface area contributed by atoms with Crippen LogP contribution < -0.4 is 10.9 Å². The molecular weight excluding hydrogens is 502 g/mol. The van der Waals surface area contributed by atoms with Crippen LogP contribution in [0.2, 0.25) is 0 Å². The number of pyridine rings is 1. The highest BCUT2D eigenvalue weighted by Crippen LogP contribution is 2.27. The number of rotatable bonds is 8. The number of hydrogen-bond donors (Lipinski definition) is 2. The van der Waals surface area contributed by atoms with Crippen molar-refractivity contribution in [3.05, 3.63) is 94.4 Å². The summed E-state index contributed by atoms with van der Waals surface area (Å²) in [5, 5.41) is 14.6. The molecule has 0 radical (unpaired) electrons. The Bertz CT molecular complexity index is 1360. The van der Waals surface area contributed by atoms with Crippen LogP contribution in [0, 0.1) is 0 Å². The quantitative estimate of drug-likeness (QED) is 0.437. The fraction of sp³-hybridized carbons (Fsp3) is 0.424. The van der Waals surface area contributed by atoms with Crippen LogP contribution in [0.4, 0.5) is 0 Å². The molecule has 2 N–H and O–H groups in total. The molecule has 2 heterocycles. The van der Waals surface area contributed by atoms with Crippen molar-refractivity contribution >= 4 is 11.8 Å². The molecule has 1 aliphatic carbocycles. The van der Waals surface area contributed by atoms with Gasteiger partial charge in [-0.3, -0.25) is 14.4 Å². The minimum atomic E-state index is -1.13. The van der Waals surface area contributed by atoms with Crippen molar-refractivity contribution in [2.24, 2.45) is 0 Å². The zero-order valence-corrected chi connectivity index (χ0v) is 23.1. The molecule has 0 bridgehead atoms. The summed E-state index contributed by atoms with van der Waals surface area (Å²) in [6, 6.07) is 21.1. The zero-order chi connectivity index (χ0) is 28.0. The van der Waals surface area contributed by atoms with Gasteiger partial charge in [0.1, 0.15) is 0 Å². The van der Waals surface area contributed by atoms with Gasteiger partial charge in [0.05, 0.1) is 17.7 Å². The van der Waals surface area contributed by atoms with E-state index in [-0.39, 0.29) is 30.0 Å². The highest BCUT2D eigenvalue weighted by Gasteiger charge is 2.35.